The molecular formula is C23H24N4O. The second-order valence-corrected chi connectivity index (χ2v) is 6.98. The number of rotatable bonds is 3. The zero-order valence-electron chi connectivity index (χ0n) is 16.2. The Labute approximate surface area is 165 Å². The van der Waals surface area contributed by atoms with Crippen LogP contribution in [0.2, 0.25) is 0 Å². The molecule has 0 radical (unpaired) electrons. The SMILES string of the molecule is CCCC#Cc1ccc(-n2c3c(n2C(N)=O)CCc2ccc(NC)cc2-3)cc1. The van der Waals surface area contributed by atoms with Gasteiger partial charge in [0.15, 0.2) is 0 Å². The number of amides is 1. The summed E-state index contributed by atoms with van der Waals surface area (Å²) in [6.45, 7) is 2.12. The van der Waals surface area contributed by atoms with Gasteiger partial charge in [-0.15, -0.1) is 0 Å². The van der Waals surface area contributed by atoms with Crippen molar-refractivity contribution >= 4 is 11.7 Å². The lowest BCUT2D eigenvalue weighted by Gasteiger charge is -2.34. The second-order valence-electron chi connectivity index (χ2n) is 6.98. The number of aromatic nitrogens is 2. The molecule has 1 aliphatic carbocycles. The number of unbranched alkanes of at least 4 members (excludes halogenated alkanes) is 1. The van der Waals surface area contributed by atoms with Crippen molar-refractivity contribution in [1.29, 1.82) is 0 Å². The lowest BCUT2D eigenvalue weighted by atomic mass is 9.90. The molecule has 142 valence electrons. The van der Waals surface area contributed by atoms with Crippen molar-refractivity contribution in [2.75, 3.05) is 12.4 Å². The molecule has 1 aliphatic rings. The van der Waals surface area contributed by atoms with Crippen LogP contribution in [0.15, 0.2) is 42.5 Å². The highest BCUT2D eigenvalue weighted by Gasteiger charge is 2.31. The summed E-state index contributed by atoms with van der Waals surface area (Å²) in [5.74, 6) is 6.34. The molecule has 3 N–H and O–H groups in total. The summed E-state index contributed by atoms with van der Waals surface area (Å²) in [6.07, 6.45) is 3.66. The van der Waals surface area contributed by atoms with Gasteiger partial charge < -0.3 is 11.1 Å². The molecule has 0 saturated heterocycles. The molecule has 5 heteroatoms. The lowest BCUT2D eigenvalue weighted by Crippen LogP contribution is -2.38. The first kappa shape index (κ1) is 18.0. The topological polar surface area (TPSA) is 65.0 Å². The van der Waals surface area contributed by atoms with Crippen LogP contribution in [0.3, 0.4) is 0 Å². The third kappa shape index (κ3) is 2.97. The summed E-state index contributed by atoms with van der Waals surface area (Å²) in [5.41, 5.74) is 13.1. The molecule has 0 atom stereocenters. The van der Waals surface area contributed by atoms with E-state index in [4.69, 9.17) is 5.73 Å². The highest BCUT2D eigenvalue weighted by molar-refractivity contribution is 5.84. The minimum atomic E-state index is -0.459. The van der Waals surface area contributed by atoms with Gasteiger partial charge >= 0.3 is 6.03 Å². The zero-order valence-corrected chi connectivity index (χ0v) is 16.2. The predicted octanol–water partition coefficient (Wildman–Crippen LogP) is 4.16. The van der Waals surface area contributed by atoms with Gasteiger partial charge in [0.25, 0.3) is 0 Å². The third-order valence-corrected chi connectivity index (χ3v) is 5.15. The molecular weight excluding hydrogens is 348 g/mol. The zero-order chi connectivity index (χ0) is 19.7. The average molecular weight is 372 g/mol. The van der Waals surface area contributed by atoms with E-state index < -0.39 is 6.03 Å². The molecule has 2 aromatic carbocycles. The standard InChI is InChI=1S/C23H24N4O/c1-3-4-5-6-16-7-12-19(13-8-16)26-22-20-15-18(25-2)11-9-17(20)10-14-21(22)27(26)23(24)28/h7-9,11-13,15,25H,3-4,10,14H2,1-2H3,(H2,24,28). The van der Waals surface area contributed by atoms with Crippen molar-refractivity contribution in [1.82, 2.24) is 9.36 Å². The molecule has 0 aliphatic heterocycles. The van der Waals surface area contributed by atoms with Crippen molar-refractivity contribution in [3.8, 4) is 28.8 Å². The van der Waals surface area contributed by atoms with E-state index in [1.807, 2.05) is 36.0 Å². The number of benzene rings is 2. The maximum Gasteiger partial charge on any atom is 0.338 e. The summed E-state index contributed by atoms with van der Waals surface area (Å²) >= 11 is 0. The Bertz CT molecular complexity index is 1090. The largest absolute Gasteiger partial charge is 0.388 e. The van der Waals surface area contributed by atoms with Crippen molar-refractivity contribution < 1.29 is 4.79 Å². The molecule has 5 nitrogen and oxygen atoms in total. The van der Waals surface area contributed by atoms with Gasteiger partial charge in [-0.3, -0.25) is 0 Å². The monoisotopic (exact) mass is 372 g/mol. The number of aryl methyl sites for hydroxylation is 1. The first-order valence-corrected chi connectivity index (χ1v) is 9.66. The number of primary amides is 1. The Morgan fingerprint density at radius 2 is 1.96 bits per heavy atom. The van der Waals surface area contributed by atoms with Crippen LogP contribution in [-0.2, 0) is 12.8 Å². The Kier molecular flexibility index (Phi) is 4.70. The van der Waals surface area contributed by atoms with Crippen LogP contribution in [0.4, 0.5) is 10.5 Å². The summed E-state index contributed by atoms with van der Waals surface area (Å²) in [5, 5.41) is 3.20. The third-order valence-electron chi connectivity index (χ3n) is 5.15. The fraction of sp³-hybridized carbons (Fsp3) is 0.261. The van der Waals surface area contributed by atoms with Crippen molar-refractivity contribution in [2.45, 2.75) is 32.6 Å². The van der Waals surface area contributed by atoms with E-state index in [0.29, 0.717) is 0 Å². The summed E-state index contributed by atoms with van der Waals surface area (Å²) < 4.78 is 3.50. The number of hydrogen-bond donors (Lipinski definition) is 2. The maximum absolute atomic E-state index is 12.1. The first-order valence-electron chi connectivity index (χ1n) is 9.66. The molecule has 0 unspecified atom stereocenters. The molecule has 1 aromatic heterocycles. The van der Waals surface area contributed by atoms with Gasteiger partial charge in [-0.1, -0.05) is 24.8 Å². The Balaban J connectivity index is 1.80. The molecule has 0 bridgehead atoms. The number of nitrogens with one attached hydrogen (secondary N) is 1. The number of anilines is 1. The highest BCUT2D eigenvalue weighted by atomic mass is 16.2. The van der Waals surface area contributed by atoms with E-state index in [9.17, 15) is 4.79 Å². The quantitative estimate of drug-likeness (QED) is 0.678. The second kappa shape index (κ2) is 7.32. The number of nitrogens with two attached hydrogens (primary N) is 1. The lowest BCUT2D eigenvalue weighted by molar-refractivity contribution is 0.242. The number of carbonyl (C=O) groups is 1. The fourth-order valence-electron chi connectivity index (χ4n) is 3.77. The van der Waals surface area contributed by atoms with Gasteiger partial charge in [0.2, 0.25) is 0 Å². The molecule has 0 saturated carbocycles. The van der Waals surface area contributed by atoms with Crippen molar-refractivity contribution in [2.24, 2.45) is 5.73 Å². The molecule has 1 heterocycles. The number of nitrogens with zero attached hydrogens (tertiary/aromatic N) is 2. The fourth-order valence-corrected chi connectivity index (χ4v) is 3.77. The van der Waals surface area contributed by atoms with Gasteiger partial charge in [0, 0.05) is 30.3 Å². The van der Waals surface area contributed by atoms with Gasteiger partial charge in [-0.05, 0) is 61.2 Å². The van der Waals surface area contributed by atoms with Gasteiger partial charge in [0.1, 0.15) is 0 Å². The maximum atomic E-state index is 12.1. The Morgan fingerprint density at radius 3 is 2.64 bits per heavy atom. The van der Waals surface area contributed by atoms with Crippen LogP contribution >= 0.6 is 0 Å². The normalized spacial score (nSPS) is 11.9. The minimum Gasteiger partial charge on any atom is -0.388 e. The van der Waals surface area contributed by atoms with E-state index >= 15 is 0 Å². The Hall–Kier alpha value is -3.39. The predicted molar refractivity (Wildman–Crippen MR) is 113 cm³/mol. The highest BCUT2D eigenvalue weighted by Crippen LogP contribution is 2.39. The number of carbonyl (C=O) groups excluding carboxylic acids is 1. The Morgan fingerprint density at radius 1 is 1.18 bits per heavy atom. The van der Waals surface area contributed by atoms with Crippen molar-refractivity contribution in [3.05, 3.63) is 59.3 Å². The summed E-state index contributed by atoms with van der Waals surface area (Å²) in [6, 6.07) is 13.9. The summed E-state index contributed by atoms with van der Waals surface area (Å²) in [7, 11) is 1.91. The first-order chi connectivity index (χ1) is 13.6. The van der Waals surface area contributed by atoms with Crippen LogP contribution in [0.5, 0.6) is 0 Å². The average Bonchev–Trinajstić information content (AvgIpc) is 2.68. The van der Waals surface area contributed by atoms with Crippen LogP contribution < -0.4 is 11.1 Å². The van der Waals surface area contributed by atoms with Gasteiger partial charge in [0.05, 0.1) is 17.1 Å². The molecule has 28 heavy (non-hydrogen) atoms. The van der Waals surface area contributed by atoms with Crippen molar-refractivity contribution in [3.63, 3.8) is 0 Å². The number of hydrogen-bond acceptors (Lipinski definition) is 2. The van der Waals surface area contributed by atoms with E-state index in [1.165, 1.54) is 5.56 Å². The van der Waals surface area contributed by atoms with Crippen LogP contribution in [0, 0.1) is 11.8 Å². The smallest absolute Gasteiger partial charge is 0.338 e. The van der Waals surface area contributed by atoms with E-state index in [2.05, 4.69) is 42.3 Å². The van der Waals surface area contributed by atoms with Crippen LogP contribution in [-0.4, -0.2) is 22.4 Å². The molecule has 0 fully saturated rings. The molecule has 4 rings (SSSR count). The minimum absolute atomic E-state index is 0.459. The van der Waals surface area contributed by atoms with Crippen LogP contribution in [0.25, 0.3) is 16.9 Å². The van der Waals surface area contributed by atoms with E-state index in [1.54, 1.807) is 4.68 Å². The summed E-state index contributed by atoms with van der Waals surface area (Å²) in [4.78, 5) is 12.1. The van der Waals surface area contributed by atoms with Crippen LogP contribution in [0.1, 0.15) is 36.6 Å². The molecule has 1 amide bonds. The van der Waals surface area contributed by atoms with E-state index in [-0.39, 0.29) is 0 Å². The van der Waals surface area contributed by atoms with Gasteiger partial charge in [-0.2, -0.15) is 0 Å². The molecule has 0 spiro atoms. The number of fused-ring (bicyclic) bond motifs is 3. The van der Waals surface area contributed by atoms with Gasteiger partial charge in [-0.25, -0.2) is 14.2 Å². The van der Waals surface area contributed by atoms with E-state index in [0.717, 1.165) is 59.6 Å². The molecule has 3 aromatic rings.